The third-order valence-electron chi connectivity index (χ3n) is 2.73. The molecule has 0 spiro atoms. The summed E-state index contributed by atoms with van der Waals surface area (Å²) in [7, 11) is -3.67. The minimum Gasteiger partial charge on any atom is -0.478 e. The third-order valence-corrected chi connectivity index (χ3v) is 4.29. The highest BCUT2D eigenvalue weighted by molar-refractivity contribution is 7.89. The van der Waals surface area contributed by atoms with Crippen molar-refractivity contribution < 1.29 is 18.3 Å². The van der Waals surface area contributed by atoms with Crippen LogP contribution in [0.15, 0.2) is 29.2 Å². The summed E-state index contributed by atoms with van der Waals surface area (Å²) in [6.07, 6.45) is 0. The van der Waals surface area contributed by atoms with Gasteiger partial charge in [0, 0.05) is 6.04 Å². The minimum atomic E-state index is -3.67. The van der Waals surface area contributed by atoms with E-state index in [1.807, 2.05) is 13.8 Å². The Morgan fingerprint density at radius 3 is 2.39 bits per heavy atom. The van der Waals surface area contributed by atoms with E-state index in [1.54, 1.807) is 6.92 Å². The van der Waals surface area contributed by atoms with Gasteiger partial charge in [-0.2, -0.15) is 0 Å². The van der Waals surface area contributed by atoms with Crippen LogP contribution in [0.3, 0.4) is 0 Å². The van der Waals surface area contributed by atoms with Crippen LogP contribution in [-0.4, -0.2) is 25.5 Å². The standard InChI is InChI=1S/C12H17NO4S/c1-8(2)9(3)13-18(16,17)11-6-4-5-10(7-11)12(14)15/h4-9,13H,1-3H3,(H,14,15). The maximum atomic E-state index is 12.0. The summed E-state index contributed by atoms with van der Waals surface area (Å²) in [5, 5.41) is 8.83. The van der Waals surface area contributed by atoms with Gasteiger partial charge in [0.15, 0.2) is 0 Å². The molecule has 1 unspecified atom stereocenters. The Kier molecular flexibility index (Phi) is 4.48. The highest BCUT2D eigenvalue weighted by Gasteiger charge is 2.20. The molecule has 0 aromatic heterocycles. The zero-order valence-corrected chi connectivity index (χ0v) is 11.4. The first-order chi connectivity index (χ1) is 8.24. The molecule has 0 bridgehead atoms. The molecule has 0 fully saturated rings. The van der Waals surface area contributed by atoms with Gasteiger partial charge in [-0.1, -0.05) is 19.9 Å². The molecule has 0 saturated carbocycles. The normalized spacial score (nSPS) is 13.6. The van der Waals surface area contributed by atoms with Gasteiger partial charge < -0.3 is 5.11 Å². The second-order valence-corrected chi connectivity index (χ2v) is 6.20. The SMILES string of the molecule is CC(C)C(C)NS(=O)(=O)c1cccc(C(=O)O)c1. The van der Waals surface area contributed by atoms with Crippen LogP contribution in [0.1, 0.15) is 31.1 Å². The number of nitrogens with one attached hydrogen (secondary N) is 1. The second kappa shape index (κ2) is 5.49. The number of hydrogen-bond acceptors (Lipinski definition) is 3. The molecule has 1 rings (SSSR count). The largest absolute Gasteiger partial charge is 0.478 e. The highest BCUT2D eigenvalue weighted by atomic mass is 32.2. The molecule has 0 aliphatic heterocycles. The number of carbonyl (C=O) groups is 1. The van der Waals surface area contributed by atoms with Crippen molar-refractivity contribution in [1.82, 2.24) is 4.72 Å². The molecular weight excluding hydrogens is 254 g/mol. The van der Waals surface area contributed by atoms with E-state index in [2.05, 4.69) is 4.72 Å². The fourth-order valence-electron chi connectivity index (χ4n) is 1.25. The summed E-state index contributed by atoms with van der Waals surface area (Å²) < 4.78 is 26.6. The van der Waals surface area contributed by atoms with E-state index in [1.165, 1.54) is 18.2 Å². The van der Waals surface area contributed by atoms with Crippen molar-refractivity contribution in [2.24, 2.45) is 5.92 Å². The average Bonchev–Trinajstić information content (AvgIpc) is 2.28. The fourth-order valence-corrected chi connectivity index (χ4v) is 2.68. The molecular formula is C12H17NO4S. The molecule has 0 saturated heterocycles. The van der Waals surface area contributed by atoms with Crippen LogP contribution in [0, 0.1) is 5.92 Å². The van der Waals surface area contributed by atoms with Crippen LogP contribution >= 0.6 is 0 Å². The lowest BCUT2D eigenvalue weighted by Gasteiger charge is -2.17. The molecule has 2 N–H and O–H groups in total. The summed E-state index contributed by atoms with van der Waals surface area (Å²) in [6, 6.07) is 5.08. The van der Waals surface area contributed by atoms with E-state index in [0.29, 0.717) is 0 Å². The van der Waals surface area contributed by atoms with Crippen molar-refractivity contribution in [1.29, 1.82) is 0 Å². The van der Waals surface area contributed by atoms with Crippen LogP contribution in [0.4, 0.5) is 0 Å². The van der Waals surface area contributed by atoms with Gasteiger partial charge in [-0.15, -0.1) is 0 Å². The molecule has 1 aromatic rings. The van der Waals surface area contributed by atoms with Crippen molar-refractivity contribution in [3.05, 3.63) is 29.8 Å². The van der Waals surface area contributed by atoms with E-state index >= 15 is 0 Å². The molecule has 5 nitrogen and oxygen atoms in total. The fraction of sp³-hybridized carbons (Fsp3) is 0.417. The Morgan fingerprint density at radius 1 is 1.28 bits per heavy atom. The van der Waals surface area contributed by atoms with E-state index in [9.17, 15) is 13.2 Å². The number of rotatable bonds is 5. The van der Waals surface area contributed by atoms with Gasteiger partial charge in [0.1, 0.15) is 0 Å². The Morgan fingerprint density at radius 2 is 1.89 bits per heavy atom. The Balaban J connectivity index is 3.05. The second-order valence-electron chi connectivity index (χ2n) is 4.49. The van der Waals surface area contributed by atoms with E-state index in [0.717, 1.165) is 6.07 Å². The molecule has 0 amide bonds. The van der Waals surface area contributed by atoms with Crippen LogP contribution < -0.4 is 4.72 Å². The van der Waals surface area contributed by atoms with Crippen molar-refractivity contribution >= 4 is 16.0 Å². The minimum absolute atomic E-state index is 0.0325. The molecule has 0 aliphatic carbocycles. The first-order valence-corrected chi connectivity index (χ1v) is 7.08. The Bertz CT molecular complexity index is 537. The lowest BCUT2D eigenvalue weighted by atomic mass is 10.1. The summed E-state index contributed by atoms with van der Waals surface area (Å²) in [5.74, 6) is -0.994. The van der Waals surface area contributed by atoms with Gasteiger partial charge >= 0.3 is 5.97 Å². The first-order valence-electron chi connectivity index (χ1n) is 5.59. The number of carboxylic acids is 1. The molecule has 1 aromatic carbocycles. The van der Waals surface area contributed by atoms with E-state index in [4.69, 9.17) is 5.11 Å². The van der Waals surface area contributed by atoms with Crippen LogP contribution in [-0.2, 0) is 10.0 Å². The smallest absolute Gasteiger partial charge is 0.335 e. The Labute approximate surface area is 107 Å². The number of carboxylic acid groups (broad SMARTS) is 1. The number of benzene rings is 1. The number of hydrogen-bond donors (Lipinski definition) is 2. The topological polar surface area (TPSA) is 83.5 Å². The molecule has 0 radical (unpaired) electrons. The highest BCUT2D eigenvalue weighted by Crippen LogP contribution is 2.13. The van der Waals surface area contributed by atoms with E-state index in [-0.39, 0.29) is 22.4 Å². The maximum absolute atomic E-state index is 12.0. The maximum Gasteiger partial charge on any atom is 0.335 e. The van der Waals surface area contributed by atoms with Crippen molar-refractivity contribution in [2.45, 2.75) is 31.7 Å². The van der Waals surface area contributed by atoms with Gasteiger partial charge in [-0.3, -0.25) is 0 Å². The Hall–Kier alpha value is -1.40. The summed E-state index contributed by atoms with van der Waals surface area (Å²) in [6.45, 7) is 5.57. The van der Waals surface area contributed by atoms with Gasteiger partial charge in [0.25, 0.3) is 0 Å². The number of aromatic carboxylic acids is 1. The van der Waals surface area contributed by atoms with Gasteiger partial charge in [-0.05, 0) is 31.0 Å². The lowest BCUT2D eigenvalue weighted by molar-refractivity contribution is 0.0696. The molecule has 18 heavy (non-hydrogen) atoms. The molecule has 6 heteroatoms. The van der Waals surface area contributed by atoms with E-state index < -0.39 is 16.0 Å². The summed E-state index contributed by atoms with van der Waals surface area (Å²) >= 11 is 0. The number of sulfonamides is 1. The van der Waals surface area contributed by atoms with Crippen molar-refractivity contribution in [3.8, 4) is 0 Å². The van der Waals surface area contributed by atoms with Crippen LogP contribution in [0.25, 0.3) is 0 Å². The van der Waals surface area contributed by atoms with Crippen molar-refractivity contribution in [2.75, 3.05) is 0 Å². The van der Waals surface area contributed by atoms with Gasteiger partial charge in [0.2, 0.25) is 10.0 Å². The zero-order valence-electron chi connectivity index (χ0n) is 10.5. The van der Waals surface area contributed by atoms with Crippen LogP contribution in [0.5, 0.6) is 0 Å². The monoisotopic (exact) mass is 271 g/mol. The molecule has 100 valence electrons. The first kappa shape index (κ1) is 14.7. The molecule has 0 aliphatic rings. The molecule has 0 heterocycles. The predicted molar refractivity (Wildman–Crippen MR) is 68.0 cm³/mol. The van der Waals surface area contributed by atoms with Gasteiger partial charge in [-0.25, -0.2) is 17.9 Å². The van der Waals surface area contributed by atoms with Crippen molar-refractivity contribution in [3.63, 3.8) is 0 Å². The zero-order chi connectivity index (χ0) is 13.9. The van der Waals surface area contributed by atoms with Crippen LogP contribution in [0.2, 0.25) is 0 Å². The third kappa shape index (κ3) is 3.54. The quantitative estimate of drug-likeness (QED) is 0.854. The summed E-state index contributed by atoms with van der Waals surface area (Å²) in [5.41, 5.74) is -0.0462. The summed E-state index contributed by atoms with van der Waals surface area (Å²) in [4.78, 5) is 10.8. The predicted octanol–water partition coefficient (Wildman–Crippen LogP) is 1.71. The van der Waals surface area contributed by atoms with Gasteiger partial charge in [0.05, 0.1) is 10.5 Å². The molecule has 1 atom stereocenters. The lowest BCUT2D eigenvalue weighted by Crippen LogP contribution is -2.36. The average molecular weight is 271 g/mol.